The molecule has 4 aromatic rings. The Bertz CT molecular complexity index is 1220. The number of nitrogens with zero attached hydrogens (tertiary/aromatic N) is 2. The Balaban J connectivity index is 1.64. The summed E-state index contributed by atoms with van der Waals surface area (Å²) in [4.78, 5) is 27.7. The van der Waals surface area contributed by atoms with Gasteiger partial charge in [0.2, 0.25) is 5.89 Å². The average molecular weight is 387 g/mol. The molecule has 1 heterocycles. The Hall–Kier alpha value is -4.00. The van der Waals surface area contributed by atoms with Gasteiger partial charge in [-0.05, 0) is 61.4 Å². The van der Waals surface area contributed by atoms with Gasteiger partial charge in [-0.15, -0.1) is 0 Å². The molecule has 0 aliphatic heterocycles. The third kappa shape index (κ3) is 3.58. The smallest absolute Gasteiger partial charge is 0.282 e. The highest BCUT2D eigenvalue weighted by Gasteiger charge is 2.19. The predicted molar refractivity (Wildman–Crippen MR) is 110 cm³/mol. The van der Waals surface area contributed by atoms with E-state index < -0.39 is 10.8 Å². The van der Waals surface area contributed by atoms with E-state index in [1.807, 2.05) is 32.0 Å². The summed E-state index contributed by atoms with van der Waals surface area (Å²) in [6.45, 7) is 4.03. The van der Waals surface area contributed by atoms with Gasteiger partial charge in [0.15, 0.2) is 5.58 Å². The van der Waals surface area contributed by atoms with E-state index in [0.29, 0.717) is 22.7 Å². The number of amides is 1. The van der Waals surface area contributed by atoms with Gasteiger partial charge >= 0.3 is 0 Å². The molecule has 0 unspecified atom stereocenters. The molecule has 144 valence electrons. The van der Waals surface area contributed by atoms with Crippen LogP contribution in [0.1, 0.15) is 21.5 Å². The SMILES string of the molecule is Cc1cc2nc(-c3cccc(NC(=O)c4ccccc4[N+](=O)[O-])c3)oc2cc1C. The monoisotopic (exact) mass is 387 g/mol. The maximum Gasteiger partial charge on any atom is 0.282 e. The number of carbonyl (C=O) groups is 1. The van der Waals surface area contributed by atoms with Gasteiger partial charge in [-0.2, -0.15) is 0 Å². The fraction of sp³-hybridized carbons (Fsp3) is 0.0909. The molecule has 0 saturated heterocycles. The lowest BCUT2D eigenvalue weighted by Crippen LogP contribution is -2.13. The van der Waals surface area contributed by atoms with Crippen molar-refractivity contribution in [3.05, 3.63) is 87.5 Å². The molecule has 0 saturated carbocycles. The van der Waals surface area contributed by atoms with Crippen molar-refractivity contribution in [1.29, 1.82) is 0 Å². The minimum atomic E-state index is -0.576. The molecule has 4 rings (SSSR count). The molecule has 29 heavy (non-hydrogen) atoms. The summed E-state index contributed by atoms with van der Waals surface area (Å²) >= 11 is 0. The highest BCUT2D eigenvalue weighted by atomic mass is 16.6. The van der Waals surface area contributed by atoms with Crippen LogP contribution in [-0.4, -0.2) is 15.8 Å². The van der Waals surface area contributed by atoms with E-state index in [1.54, 1.807) is 24.3 Å². The molecule has 0 bridgehead atoms. The molecule has 7 nitrogen and oxygen atoms in total. The fourth-order valence-corrected chi connectivity index (χ4v) is 3.06. The van der Waals surface area contributed by atoms with Crippen LogP contribution in [0.3, 0.4) is 0 Å². The molecule has 0 fully saturated rings. The summed E-state index contributed by atoms with van der Waals surface area (Å²) < 4.78 is 5.87. The Labute approximate surface area is 166 Å². The first kappa shape index (κ1) is 18.4. The summed E-state index contributed by atoms with van der Waals surface area (Å²) in [6.07, 6.45) is 0. The van der Waals surface area contributed by atoms with Crippen LogP contribution in [0, 0.1) is 24.0 Å². The van der Waals surface area contributed by atoms with Crippen molar-refractivity contribution < 1.29 is 14.1 Å². The normalized spacial score (nSPS) is 10.8. The van der Waals surface area contributed by atoms with E-state index in [4.69, 9.17) is 4.42 Å². The highest BCUT2D eigenvalue weighted by molar-refractivity contribution is 6.07. The molecule has 7 heteroatoms. The van der Waals surface area contributed by atoms with E-state index >= 15 is 0 Å². The molecule has 0 aliphatic carbocycles. The second-order valence-corrected chi connectivity index (χ2v) is 6.73. The fourth-order valence-electron chi connectivity index (χ4n) is 3.06. The molecule has 1 N–H and O–H groups in total. The molecule has 0 aliphatic rings. The van der Waals surface area contributed by atoms with Gasteiger partial charge < -0.3 is 9.73 Å². The quantitative estimate of drug-likeness (QED) is 0.380. The van der Waals surface area contributed by atoms with Crippen LogP contribution in [0.2, 0.25) is 0 Å². The average Bonchev–Trinajstić information content (AvgIpc) is 3.11. The molecular weight excluding hydrogens is 370 g/mol. The van der Waals surface area contributed by atoms with Gasteiger partial charge in [0.1, 0.15) is 11.1 Å². The minimum Gasteiger partial charge on any atom is -0.436 e. The lowest BCUT2D eigenvalue weighted by atomic mass is 10.1. The van der Waals surface area contributed by atoms with Gasteiger partial charge in [0, 0.05) is 17.3 Å². The first-order valence-electron chi connectivity index (χ1n) is 8.95. The van der Waals surface area contributed by atoms with Crippen LogP contribution in [-0.2, 0) is 0 Å². The van der Waals surface area contributed by atoms with Crippen LogP contribution in [0.4, 0.5) is 11.4 Å². The number of para-hydroxylation sites is 1. The van der Waals surface area contributed by atoms with Crippen LogP contribution >= 0.6 is 0 Å². The number of oxazole rings is 1. The van der Waals surface area contributed by atoms with Crippen molar-refractivity contribution in [3.63, 3.8) is 0 Å². The number of fused-ring (bicyclic) bond motifs is 1. The van der Waals surface area contributed by atoms with Crippen molar-refractivity contribution in [1.82, 2.24) is 4.98 Å². The van der Waals surface area contributed by atoms with Crippen molar-refractivity contribution in [2.24, 2.45) is 0 Å². The number of carbonyl (C=O) groups excluding carboxylic acids is 1. The molecule has 3 aromatic carbocycles. The zero-order chi connectivity index (χ0) is 20.5. The maximum atomic E-state index is 12.5. The number of hydrogen-bond acceptors (Lipinski definition) is 5. The first-order chi connectivity index (χ1) is 13.9. The van der Waals surface area contributed by atoms with Gasteiger partial charge in [-0.25, -0.2) is 4.98 Å². The Morgan fingerprint density at radius 2 is 1.79 bits per heavy atom. The standard InChI is InChI=1S/C22H17N3O4/c1-13-10-18-20(11-14(13)2)29-22(24-18)15-6-5-7-16(12-15)23-21(26)17-8-3-4-9-19(17)25(27)28/h3-12H,1-2H3,(H,23,26). The number of anilines is 1. The van der Waals surface area contributed by atoms with Gasteiger partial charge in [0.05, 0.1) is 4.92 Å². The number of aryl methyl sites for hydroxylation is 2. The first-order valence-corrected chi connectivity index (χ1v) is 8.95. The van der Waals surface area contributed by atoms with E-state index in [1.165, 1.54) is 18.2 Å². The number of benzene rings is 3. The van der Waals surface area contributed by atoms with Crippen molar-refractivity contribution in [2.75, 3.05) is 5.32 Å². The Morgan fingerprint density at radius 3 is 2.59 bits per heavy atom. The summed E-state index contributed by atoms with van der Waals surface area (Å²) in [5, 5.41) is 13.9. The zero-order valence-electron chi connectivity index (χ0n) is 15.8. The highest BCUT2D eigenvalue weighted by Crippen LogP contribution is 2.28. The third-order valence-electron chi connectivity index (χ3n) is 4.72. The Kier molecular flexibility index (Phi) is 4.56. The lowest BCUT2D eigenvalue weighted by Gasteiger charge is -2.06. The molecule has 1 amide bonds. The summed E-state index contributed by atoms with van der Waals surface area (Å²) in [5.41, 5.74) is 4.63. The van der Waals surface area contributed by atoms with Crippen molar-refractivity contribution in [2.45, 2.75) is 13.8 Å². The molecule has 0 radical (unpaired) electrons. The molecule has 1 aromatic heterocycles. The summed E-state index contributed by atoms with van der Waals surface area (Å²) in [7, 11) is 0. The number of nitro benzene ring substituents is 1. The number of hydrogen-bond donors (Lipinski definition) is 1. The number of nitrogens with one attached hydrogen (secondary N) is 1. The van der Waals surface area contributed by atoms with E-state index in [2.05, 4.69) is 10.3 Å². The van der Waals surface area contributed by atoms with E-state index in [-0.39, 0.29) is 11.3 Å². The van der Waals surface area contributed by atoms with Crippen LogP contribution in [0.25, 0.3) is 22.6 Å². The largest absolute Gasteiger partial charge is 0.436 e. The van der Waals surface area contributed by atoms with E-state index in [0.717, 1.165) is 16.6 Å². The topological polar surface area (TPSA) is 98.3 Å². The van der Waals surface area contributed by atoms with Crippen LogP contribution in [0.5, 0.6) is 0 Å². The lowest BCUT2D eigenvalue weighted by molar-refractivity contribution is -0.385. The Morgan fingerprint density at radius 1 is 1.03 bits per heavy atom. The summed E-state index contributed by atoms with van der Waals surface area (Å²) in [6, 6.07) is 16.7. The number of rotatable bonds is 4. The van der Waals surface area contributed by atoms with Crippen molar-refractivity contribution in [3.8, 4) is 11.5 Å². The second kappa shape index (κ2) is 7.20. The number of aromatic nitrogens is 1. The third-order valence-corrected chi connectivity index (χ3v) is 4.72. The van der Waals surface area contributed by atoms with Crippen LogP contribution in [0.15, 0.2) is 65.1 Å². The molecular formula is C22H17N3O4. The predicted octanol–water partition coefficient (Wildman–Crippen LogP) is 5.27. The van der Waals surface area contributed by atoms with Crippen LogP contribution < -0.4 is 5.32 Å². The van der Waals surface area contributed by atoms with Gasteiger partial charge in [0.25, 0.3) is 11.6 Å². The molecule has 0 spiro atoms. The molecule has 0 atom stereocenters. The summed E-state index contributed by atoms with van der Waals surface area (Å²) in [5.74, 6) is -0.120. The maximum absolute atomic E-state index is 12.5. The zero-order valence-corrected chi connectivity index (χ0v) is 15.8. The van der Waals surface area contributed by atoms with Crippen molar-refractivity contribution >= 4 is 28.4 Å². The minimum absolute atomic E-state index is 0.00397. The van der Waals surface area contributed by atoms with E-state index in [9.17, 15) is 14.9 Å². The van der Waals surface area contributed by atoms with Gasteiger partial charge in [-0.1, -0.05) is 18.2 Å². The van der Waals surface area contributed by atoms with Gasteiger partial charge in [-0.3, -0.25) is 14.9 Å². The second-order valence-electron chi connectivity index (χ2n) is 6.73. The number of nitro groups is 1.